The summed E-state index contributed by atoms with van der Waals surface area (Å²) in [6.07, 6.45) is 0. The average Bonchev–Trinajstić information content (AvgIpc) is 2.84. The van der Waals surface area contributed by atoms with E-state index in [0.29, 0.717) is 12.3 Å². The number of hydrogen-bond acceptors (Lipinski definition) is 5. The molecule has 1 aromatic carbocycles. The lowest BCUT2D eigenvalue weighted by molar-refractivity contribution is -0.138. The number of benzene rings is 1. The normalized spacial score (nSPS) is 19.8. The number of piperazine rings is 1. The summed E-state index contributed by atoms with van der Waals surface area (Å²) in [7, 11) is 0. The van der Waals surface area contributed by atoms with E-state index in [0.717, 1.165) is 4.90 Å². The van der Waals surface area contributed by atoms with Crippen LogP contribution in [0.1, 0.15) is 0 Å². The van der Waals surface area contributed by atoms with Gasteiger partial charge in [0.05, 0.1) is 6.54 Å². The van der Waals surface area contributed by atoms with Gasteiger partial charge in [-0.3, -0.25) is 19.3 Å². The third-order valence-electron chi connectivity index (χ3n) is 4.18. The maximum absolute atomic E-state index is 12.3. The van der Waals surface area contributed by atoms with Gasteiger partial charge in [-0.1, -0.05) is 18.2 Å². The van der Waals surface area contributed by atoms with Crippen molar-refractivity contribution in [3.05, 3.63) is 30.3 Å². The summed E-state index contributed by atoms with van der Waals surface area (Å²) >= 11 is 0. The molecule has 2 aliphatic rings. The number of primary amides is 1. The van der Waals surface area contributed by atoms with Crippen molar-refractivity contribution in [2.75, 3.05) is 32.8 Å². The van der Waals surface area contributed by atoms with Gasteiger partial charge < -0.3 is 20.3 Å². The molecule has 2 aliphatic heterocycles. The Balaban J connectivity index is 1.60. The maximum atomic E-state index is 12.3. The van der Waals surface area contributed by atoms with Crippen molar-refractivity contribution < 1.29 is 23.9 Å². The molecule has 132 valence electrons. The number of carbonyl (C=O) groups is 4. The maximum Gasteiger partial charge on any atom is 0.328 e. The number of nitrogens with zero attached hydrogens (tertiary/aromatic N) is 3. The zero-order valence-corrected chi connectivity index (χ0v) is 13.5. The summed E-state index contributed by atoms with van der Waals surface area (Å²) in [5.74, 6) is -0.956. The van der Waals surface area contributed by atoms with E-state index < -0.39 is 30.4 Å². The van der Waals surface area contributed by atoms with Crippen LogP contribution in [-0.4, -0.2) is 77.3 Å². The Morgan fingerprint density at radius 1 is 1.16 bits per heavy atom. The Bertz CT molecular complexity index is 708. The molecule has 0 saturated carbocycles. The minimum absolute atomic E-state index is 0.0802. The zero-order valence-electron chi connectivity index (χ0n) is 13.5. The van der Waals surface area contributed by atoms with Gasteiger partial charge in [0.15, 0.2) is 6.61 Å². The minimum atomic E-state index is -0.777. The van der Waals surface area contributed by atoms with Gasteiger partial charge in [0.25, 0.3) is 11.8 Å². The topological polar surface area (TPSA) is 113 Å². The highest BCUT2D eigenvalue weighted by atomic mass is 16.5. The fourth-order valence-corrected chi connectivity index (χ4v) is 2.93. The molecule has 9 nitrogen and oxygen atoms in total. The summed E-state index contributed by atoms with van der Waals surface area (Å²) in [6.45, 7) is 0.00884. The van der Waals surface area contributed by atoms with Crippen LogP contribution >= 0.6 is 0 Å². The van der Waals surface area contributed by atoms with Crippen LogP contribution in [0.3, 0.4) is 0 Å². The molecule has 2 N–H and O–H groups in total. The number of fused-ring (bicyclic) bond motifs is 1. The van der Waals surface area contributed by atoms with E-state index in [1.165, 1.54) is 9.80 Å². The van der Waals surface area contributed by atoms with Gasteiger partial charge in [0.1, 0.15) is 18.3 Å². The van der Waals surface area contributed by atoms with Crippen molar-refractivity contribution in [1.82, 2.24) is 14.7 Å². The first-order chi connectivity index (χ1) is 12.0. The minimum Gasteiger partial charge on any atom is -0.484 e. The molecule has 5 amide bonds. The van der Waals surface area contributed by atoms with Crippen molar-refractivity contribution in [1.29, 1.82) is 0 Å². The number of hydrogen-bond donors (Lipinski definition) is 1. The van der Waals surface area contributed by atoms with Crippen molar-refractivity contribution >= 4 is 23.8 Å². The largest absolute Gasteiger partial charge is 0.484 e. The van der Waals surface area contributed by atoms with Crippen LogP contribution < -0.4 is 10.5 Å². The molecule has 3 rings (SSSR count). The quantitative estimate of drug-likeness (QED) is 0.689. The van der Waals surface area contributed by atoms with E-state index in [1.54, 1.807) is 24.3 Å². The molecule has 0 aliphatic carbocycles. The Morgan fingerprint density at radius 3 is 2.56 bits per heavy atom. The molecule has 2 heterocycles. The summed E-state index contributed by atoms with van der Waals surface area (Å²) in [5, 5.41) is 0. The number of imide groups is 1. The number of ether oxygens (including phenoxy) is 1. The van der Waals surface area contributed by atoms with Gasteiger partial charge in [-0.25, -0.2) is 4.79 Å². The molecule has 0 bridgehead atoms. The van der Waals surface area contributed by atoms with Gasteiger partial charge >= 0.3 is 6.03 Å². The summed E-state index contributed by atoms with van der Waals surface area (Å²) in [6, 6.07) is 7.61. The van der Waals surface area contributed by atoms with Gasteiger partial charge in [-0.05, 0) is 12.1 Å². The van der Waals surface area contributed by atoms with Gasteiger partial charge in [0, 0.05) is 13.1 Å². The van der Waals surface area contributed by atoms with Crippen molar-refractivity contribution in [2.24, 2.45) is 5.73 Å². The van der Waals surface area contributed by atoms with Crippen molar-refractivity contribution in [3.8, 4) is 5.75 Å². The number of amides is 5. The molecule has 0 radical (unpaired) electrons. The first-order valence-electron chi connectivity index (χ1n) is 7.83. The molecule has 0 spiro atoms. The third-order valence-corrected chi connectivity index (χ3v) is 4.18. The van der Waals surface area contributed by atoms with E-state index in [4.69, 9.17) is 10.5 Å². The first kappa shape index (κ1) is 16.7. The lowest BCUT2D eigenvalue weighted by Crippen LogP contribution is -2.55. The van der Waals surface area contributed by atoms with E-state index in [9.17, 15) is 19.2 Å². The molecule has 2 saturated heterocycles. The van der Waals surface area contributed by atoms with Crippen LogP contribution in [0.4, 0.5) is 4.79 Å². The first-order valence-corrected chi connectivity index (χ1v) is 7.83. The fourth-order valence-electron chi connectivity index (χ4n) is 2.93. The van der Waals surface area contributed by atoms with Gasteiger partial charge in [0.2, 0.25) is 5.91 Å². The molecule has 1 atom stereocenters. The molecule has 1 unspecified atom stereocenters. The Kier molecular flexibility index (Phi) is 4.55. The molecule has 25 heavy (non-hydrogen) atoms. The second kappa shape index (κ2) is 6.80. The molecule has 0 aromatic heterocycles. The highest BCUT2D eigenvalue weighted by Crippen LogP contribution is 2.22. The van der Waals surface area contributed by atoms with Crippen molar-refractivity contribution in [3.63, 3.8) is 0 Å². The molecular formula is C16H18N4O5. The Hall–Kier alpha value is -3.10. The fraction of sp³-hybridized carbons (Fsp3) is 0.375. The van der Waals surface area contributed by atoms with Crippen LogP contribution in [0.2, 0.25) is 0 Å². The van der Waals surface area contributed by atoms with Crippen LogP contribution in [0, 0.1) is 0 Å². The molecule has 1 aromatic rings. The Morgan fingerprint density at radius 2 is 1.88 bits per heavy atom. The highest BCUT2D eigenvalue weighted by molar-refractivity contribution is 6.06. The molecule has 9 heteroatoms. The van der Waals surface area contributed by atoms with Crippen LogP contribution in [-0.2, 0) is 14.4 Å². The van der Waals surface area contributed by atoms with E-state index in [2.05, 4.69) is 0 Å². The molecule has 2 fully saturated rings. The van der Waals surface area contributed by atoms with Crippen LogP contribution in [0.15, 0.2) is 30.3 Å². The SMILES string of the molecule is NC(=O)CN1C(=O)C2CN(C(=O)COc3ccccc3)CCN2C1=O. The average molecular weight is 346 g/mol. The predicted octanol–water partition coefficient (Wildman–Crippen LogP) is -0.974. The number of rotatable bonds is 5. The lowest BCUT2D eigenvalue weighted by atomic mass is 10.2. The Labute approximate surface area is 143 Å². The lowest BCUT2D eigenvalue weighted by Gasteiger charge is -2.35. The standard InChI is InChI=1S/C16H18N4O5/c17-13(21)9-20-15(23)12-8-18(6-7-19(12)16(20)24)14(22)10-25-11-4-2-1-3-5-11/h1-5,12H,6-10H2,(H2,17,21). The van der Waals surface area contributed by atoms with E-state index >= 15 is 0 Å². The number of carbonyl (C=O) groups excluding carboxylic acids is 4. The summed E-state index contributed by atoms with van der Waals surface area (Å²) < 4.78 is 5.43. The second-order valence-corrected chi connectivity index (χ2v) is 5.82. The highest BCUT2D eigenvalue weighted by Gasteiger charge is 2.48. The third kappa shape index (κ3) is 3.39. The zero-order chi connectivity index (χ0) is 18.0. The van der Waals surface area contributed by atoms with Gasteiger partial charge in [-0.2, -0.15) is 0 Å². The number of urea groups is 1. The number of para-hydroxylation sites is 1. The smallest absolute Gasteiger partial charge is 0.328 e. The van der Waals surface area contributed by atoms with Crippen molar-refractivity contribution in [2.45, 2.75) is 6.04 Å². The van der Waals surface area contributed by atoms with E-state index in [1.807, 2.05) is 6.07 Å². The molecular weight excluding hydrogens is 328 g/mol. The number of nitrogens with two attached hydrogens (primary N) is 1. The predicted molar refractivity (Wildman–Crippen MR) is 85.3 cm³/mol. The second-order valence-electron chi connectivity index (χ2n) is 5.82. The summed E-state index contributed by atoms with van der Waals surface area (Å²) in [4.78, 5) is 51.5. The summed E-state index contributed by atoms with van der Waals surface area (Å²) in [5.41, 5.74) is 5.07. The van der Waals surface area contributed by atoms with Gasteiger partial charge in [-0.15, -0.1) is 0 Å². The monoisotopic (exact) mass is 346 g/mol. The van der Waals surface area contributed by atoms with Crippen LogP contribution in [0.25, 0.3) is 0 Å². The van der Waals surface area contributed by atoms with Crippen LogP contribution in [0.5, 0.6) is 5.75 Å². The van der Waals surface area contributed by atoms with E-state index in [-0.39, 0.29) is 25.6 Å².